The van der Waals surface area contributed by atoms with Crippen LogP contribution in [0, 0.1) is 5.92 Å². The van der Waals surface area contributed by atoms with E-state index in [4.69, 9.17) is 22.1 Å². The molecule has 1 aromatic carbocycles. The summed E-state index contributed by atoms with van der Waals surface area (Å²) in [5.74, 6) is 0.586. The first-order valence-corrected chi connectivity index (χ1v) is 6.68. The first kappa shape index (κ1) is 15.3. The number of ether oxygens (including phenoxy) is 1. The molecule has 0 unspecified atom stereocenters. The molecule has 0 saturated heterocycles. The summed E-state index contributed by atoms with van der Waals surface area (Å²) >= 11 is 6.01. The molecule has 0 aliphatic rings. The number of methoxy groups -OCH3 is 1. The molecule has 0 spiro atoms. The van der Waals surface area contributed by atoms with Crippen molar-refractivity contribution in [3.05, 3.63) is 28.8 Å². The van der Waals surface area contributed by atoms with Crippen molar-refractivity contribution in [3.8, 4) is 0 Å². The second-order valence-corrected chi connectivity index (χ2v) is 5.25. The molecule has 4 heteroatoms. The van der Waals surface area contributed by atoms with Crippen molar-refractivity contribution in [2.24, 2.45) is 11.7 Å². The number of rotatable bonds is 7. The molecular formula is C14H23ClN2O. The Morgan fingerprint density at radius 1 is 1.39 bits per heavy atom. The highest BCUT2D eigenvalue weighted by Crippen LogP contribution is 2.24. The Bertz CT molecular complexity index is 369. The SMILES string of the molecule is COCCN(CC(C)C)c1ccc(Cl)cc1CN. The Hall–Kier alpha value is -0.770. The van der Waals surface area contributed by atoms with E-state index >= 15 is 0 Å². The second kappa shape index (κ2) is 7.62. The minimum Gasteiger partial charge on any atom is -0.383 e. The van der Waals surface area contributed by atoms with Crippen LogP contribution >= 0.6 is 11.6 Å². The van der Waals surface area contributed by atoms with Crippen molar-refractivity contribution in [3.63, 3.8) is 0 Å². The van der Waals surface area contributed by atoms with E-state index in [0.29, 0.717) is 19.1 Å². The van der Waals surface area contributed by atoms with Crippen molar-refractivity contribution >= 4 is 17.3 Å². The Labute approximate surface area is 115 Å². The monoisotopic (exact) mass is 270 g/mol. The molecule has 102 valence electrons. The predicted molar refractivity (Wildman–Crippen MR) is 78.3 cm³/mol. The lowest BCUT2D eigenvalue weighted by atomic mass is 10.1. The number of hydrogen-bond acceptors (Lipinski definition) is 3. The van der Waals surface area contributed by atoms with Gasteiger partial charge in [-0.3, -0.25) is 0 Å². The van der Waals surface area contributed by atoms with Crippen LogP contribution < -0.4 is 10.6 Å². The molecule has 2 N–H and O–H groups in total. The van der Waals surface area contributed by atoms with Gasteiger partial charge in [0.15, 0.2) is 0 Å². The molecule has 0 amide bonds. The van der Waals surface area contributed by atoms with Gasteiger partial charge >= 0.3 is 0 Å². The molecule has 0 aromatic heterocycles. The van der Waals surface area contributed by atoms with E-state index in [1.807, 2.05) is 18.2 Å². The molecule has 3 nitrogen and oxygen atoms in total. The van der Waals surface area contributed by atoms with Gasteiger partial charge in [0.05, 0.1) is 6.61 Å². The summed E-state index contributed by atoms with van der Waals surface area (Å²) in [5.41, 5.74) is 8.04. The maximum absolute atomic E-state index is 6.01. The standard InChI is InChI=1S/C14H23ClN2O/c1-11(2)10-17(6-7-18-3)14-5-4-13(15)8-12(14)9-16/h4-5,8,11H,6-7,9-10,16H2,1-3H3. The zero-order valence-electron chi connectivity index (χ0n) is 11.4. The largest absolute Gasteiger partial charge is 0.383 e. The van der Waals surface area contributed by atoms with Crippen LogP contribution in [0.2, 0.25) is 5.02 Å². The Morgan fingerprint density at radius 2 is 2.11 bits per heavy atom. The van der Waals surface area contributed by atoms with Crippen LogP contribution in [-0.2, 0) is 11.3 Å². The molecule has 0 bridgehead atoms. The number of nitrogens with two attached hydrogens (primary N) is 1. The summed E-state index contributed by atoms with van der Waals surface area (Å²) in [6.45, 7) is 7.47. The van der Waals surface area contributed by atoms with E-state index in [1.54, 1.807) is 7.11 Å². The lowest BCUT2D eigenvalue weighted by Gasteiger charge is -2.28. The van der Waals surface area contributed by atoms with Gasteiger partial charge in [0.2, 0.25) is 0 Å². The summed E-state index contributed by atoms with van der Waals surface area (Å²) in [7, 11) is 1.72. The van der Waals surface area contributed by atoms with E-state index < -0.39 is 0 Å². The average Bonchev–Trinajstić information content (AvgIpc) is 2.34. The van der Waals surface area contributed by atoms with E-state index in [-0.39, 0.29) is 0 Å². The molecule has 0 fully saturated rings. The lowest BCUT2D eigenvalue weighted by molar-refractivity contribution is 0.204. The van der Waals surface area contributed by atoms with Gasteiger partial charge in [-0.15, -0.1) is 0 Å². The van der Waals surface area contributed by atoms with E-state index in [2.05, 4.69) is 18.7 Å². The molecule has 0 radical (unpaired) electrons. The van der Waals surface area contributed by atoms with Crippen molar-refractivity contribution in [1.29, 1.82) is 0 Å². The third-order valence-corrected chi connectivity index (χ3v) is 2.99. The quantitative estimate of drug-likeness (QED) is 0.828. The molecule has 0 aliphatic carbocycles. The lowest BCUT2D eigenvalue weighted by Crippen LogP contribution is -2.32. The van der Waals surface area contributed by atoms with Gasteiger partial charge in [0.25, 0.3) is 0 Å². The van der Waals surface area contributed by atoms with Gasteiger partial charge < -0.3 is 15.4 Å². The maximum atomic E-state index is 6.01. The van der Waals surface area contributed by atoms with Crippen LogP contribution in [0.4, 0.5) is 5.69 Å². The summed E-state index contributed by atoms with van der Waals surface area (Å²) in [6.07, 6.45) is 0. The fourth-order valence-electron chi connectivity index (χ4n) is 1.98. The number of nitrogens with zero attached hydrogens (tertiary/aromatic N) is 1. The number of benzene rings is 1. The molecule has 0 saturated carbocycles. The van der Waals surface area contributed by atoms with Crippen LogP contribution in [0.15, 0.2) is 18.2 Å². The highest BCUT2D eigenvalue weighted by molar-refractivity contribution is 6.30. The van der Waals surface area contributed by atoms with Crippen LogP contribution in [0.25, 0.3) is 0 Å². The van der Waals surface area contributed by atoms with Crippen molar-refractivity contribution in [2.45, 2.75) is 20.4 Å². The smallest absolute Gasteiger partial charge is 0.0637 e. The molecular weight excluding hydrogens is 248 g/mol. The van der Waals surface area contributed by atoms with Crippen molar-refractivity contribution in [2.75, 3.05) is 31.7 Å². The molecule has 0 atom stereocenters. The first-order valence-electron chi connectivity index (χ1n) is 6.30. The zero-order chi connectivity index (χ0) is 13.5. The van der Waals surface area contributed by atoms with Crippen LogP contribution in [0.5, 0.6) is 0 Å². The third-order valence-electron chi connectivity index (χ3n) is 2.75. The second-order valence-electron chi connectivity index (χ2n) is 4.81. The van der Waals surface area contributed by atoms with Crippen LogP contribution in [-0.4, -0.2) is 26.8 Å². The van der Waals surface area contributed by atoms with Crippen LogP contribution in [0.3, 0.4) is 0 Å². The molecule has 1 rings (SSSR count). The van der Waals surface area contributed by atoms with Gasteiger partial charge in [-0.05, 0) is 29.7 Å². The minimum absolute atomic E-state index is 0.497. The summed E-state index contributed by atoms with van der Waals surface area (Å²) in [4.78, 5) is 2.31. The topological polar surface area (TPSA) is 38.5 Å². The molecule has 0 heterocycles. The van der Waals surface area contributed by atoms with Gasteiger partial charge in [0.1, 0.15) is 0 Å². The van der Waals surface area contributed by atoms with Crippen molar-refractivity contribution < 1.29 is 4.74 Å². The molecule has 0 aliphatic heterocycles. The Kier molecular flexibility index (Phi) is 6.47. The maximum Gasteiger partial charge on any atom is 0.0637 e. The highest BCUT2D eigenvalue weighted by atomic mass is 35.5. The Morgan fingerprint density at radius 3 is 2.67 bits per heavy atom. The van der Waals surface area contributed by atoms with E-state index in [1.165, 1.54) is 0 Å². The van der Waals surface area contributed by atoms with E-state index in [0.717, 1.165) is 29.4 Å². The molecule has 18 heavy (non-hydrogen) atoms. The first-order chi connectivity index (χ1) is 8.58. The van der Waals surface area contributed by atoms with Gasteiger partial charge in [-0.2, -0.15) is 0 Å². The summed E-state index contributed by atoms with van der Waals surface area (Å²) in [5, 5.41) is 0.732. The van der Waals surface area contributed by atoms with Crippen molar-refractivity contribution in [1.82, 2.24) is 0 Å². The highest BCUT2D eigenvalue weighted by Gasteiger charge is 2.12. The van der Waals surface area contributed by atoms with Gasteiger partial charge in [-0.1, -0.05) is 25.4 Å². The number of halogens is 1. The Balaban J connectivity index is 2.95. The summed E-state index contributed by atoms with van der Waals surface area (Å²) in [6, 6.07) is 5.90. The zero-order valence-corrected chi connectivity index (χ0v) is 12.2. The fourth-order valence-corrected chi connectivity index (χ4v) is 2.17. The number of hydrogen-bond donors (Lipinski definition) is 1. The number of anilines is 1. The van der Waals surface area contributed by atoms with E-state index in [9.17, 15) is 0 Å². The van der Waals surface area contributed by atoms with Gasteiger partial charge in [-0.25, -0.2) is 0 Å². The summed E-state index contributed by atoms with van der Waals surface area (Å²) < 4.78 is 5.17. The normalized spacial score (nSPS) is 11.0. The van der Waals surface area contributed by atoms with Crippen LogP contribution in [0.1, 0.15) is 19.4 Å². The minimum atomic E-state index is 0.497. The molecule has 1 aromatic rings. The van der Waals surface area contributed by atoms with Gasteiger partial charge in [0, 0.05) is 37.5 Å². The predicted octanol–water partition coefficient (Wildman–Crippen LogP) is 2.91. The average molecular weight is 271 g/mol. The third kappa shape index (κ3) is 4.48. The fraction of sp³-hybridized carbons (Fsp3) is 0.571.